The second-order valence-electron chi connectivity index (χ2n) is 3.98. The highest BCUT2D eigenvalue weighted by molar-refractivity contribution is 14.1. The molecule has 1 fully saturated rings. The van der Waals surface area contributed by atoms with Gasteiger partial charge >= 0.3 is 0 Å². The summed E-state index contributed by atoms with van der Waals surface area (Å²) in [6, 6.07) is 7.01. The third-order valence-electron chi connectivity index (χ3n) is 2.83. The van der Waals surface area contributed by atoms with Crippen molar-refractivity contribution in [1.82, 2.24) is 10.2 Å². The van der Waals surface area contributed by atoms with E-state index in [1.54, 1.807) is 17.9 Å². The zero-order chi connectivity index (χ0) is 12.4. The lowest BCUT2D eigenvalue weighted by Crippen LogP contribution is -2.55. The van der Waals surface area contributed by atoms with Crippen LogP contribution in [0.5, 0.6) is 0 Å². The average molecular weight is 344 g/mol. The molecule has 1 aliphatic heterocycles. The van der Waals surface area contributed by atoms with E-state index in [1.165, 1.54) is 0 Å². The number of hydrogen-bond donors (Lipinski definition) is 1. The average Bonchev–Trinajstić information content (AvgIpc) is 2.32. The fourth-order valence-corrected chi connectivity index (χ4v) is 2.39. The van der Waals surface area contributed by atoms with E-state index in [2.05, 4.69) is 27.9 Å². The summed E-state index contributed by atoms with van der Waals surface area (Å²) >= 11 is 2.17. The summed E-state index contributed by atoms with van der Waals surface area (Å²) in [5, 5.41) is 2.75. The van der Waals surface area contributed by atoms with E-state index in [9.17, 15) is 9.59 Å². The number of amides is 2. The Hall–Kier alpha value is -1.11. The number of halogens is 1. The molecule has 1 aromatic carbocycles. The molecule has 1 saturated heterocycles. The summed E-state index contributed by atoms with van der Waals surface area (Å²) in [5.74, 6) is -0.166. The molecule has 4 nitrogen and oxygen atoms in total. The fourth-order valence-electron chi connectivity index (χ4n) is 1.85. The number of carbonyl (C=O) groups excluding carboxylic acids is 2. The third kappa shape index (κ3) is 2.59. The molecule has 1 atom stereocenters. The van der Waals surface area contributed by atoms with E-state index in [4.69, 9.17) is 0 Å². The Balaban J connectivity index is 2.22. The van der Waals surface area contributed by atoms with Crippen molar-refractivity contribution in [3.05, 3.63) is 33.4 Å². The van der Waals surface area contributed by atoms with Crippen molar-refractivity contribution in [2.24, 2.45) is 0 Å². The van der Waals surface area contributed by atoms with Crippen LogP contribution in [0.3, 0.4) is 0 Å². The highest BCUT2D eigenvalue weighted by atomic mass is 127. The van der Waals surface area contributed by atoms with Crippen molar-refractivity contribution in [3.8, 4) is 0 Å². The van der Waals surface area contributed by atoms with E-state index < -0.39 is 6.04 Å². The first kappa shape index (κ1) is 12.3. The molecule has 1 heterocycles. The number of piperazine rings is 1. The Morgan fingerprint density at radius 2 is 2.29 bits per heavy atom. The lowest BCUT2D eigenvalue weighted by atomic mass is 10.1. The molecular weight excluding hydrogens is 331 g/mol. The van der Waals surface area contributed by atoms with Gasteiger partial charge in [-0.25, -0.2) is 0 Å². The number of rotatable bonds is 1. The number of nitrogens with one attached hydrogen (secondary N) is 1. The second-order valence-corrected chi connectivity index (χ2v) is 5.22. The summed E-state index contributed by atoms with van der Waals surface area (Å²) in [6.45, 7) is 2.84. The van der Waals surface area contributed by atoms with Gasteiger partial charge in [-0.05, 0) is 47.7 Å². The van der Waals surface area contributed by atoms with Crippen molar-refractivity contribution in [2.75, 3.05) is 13.1 Å². The molecule has 1 N–H and O–H groups in total. The Morgan fingerprint density at radius 3 is 3.00 bits per heavy atom. The van der Waals surface area contributed by atoms with Gasteiger partial charge in [-0.3, -0.25) is 9.59 Å². The van der Waals surface area contributed by atoms with Crippen molar-refractivity contribution in [1.29, 1.82) is 0 Å². The molecule has 0 aromatic heterocycles. The van der Waals surface area contributed by atoms with Crippen LogP contribution in [0, 0.1) is 3.57 Å². The maximum Gasteiger partial charge on any atom is 0.254 e. The van der Waals surface area contributed by atoms with Crippen molar-refractivity contribution < 1.29 is 9.59 Å². The van der Waals surface area contributed by atoms with Gasteiger partial charge < -0.3 is 10.2 Å². The third-order valence-corrected chi connectivity index (χ3v) is 3.50. The van der Waals surface area contributed by atoms with E-state index in [0.29, 0.717) is 18.7 Å². The number of benzene rings is 1. The predicted octanol–water partition coefficient (Wildman–Crippen LogP) is 1.25. The van der Waals surface area contributed by atoms with E-state index in [-0.39, 0.29) is 11.8 Å². The SMILES string of the molecule is CC1C(=O)NCCN1C(=O)c1cccc(I)c1. The van der Waals surface area contributed by atoms with Crippen LogP contribution in [0.4, 0.5) is 0 Å². The second kappa shape index (κ2) is 5.03. The molecule has 90 valence electrons. The van der Waals surface area contributed by atoms with Gasteiger partial charge in [-0.15, -0.1) is 0 Å². The summed E-state index contributed by atoms with van der Waals surface area (Å²) in [7, 11) is 0. The normalized spacial score (nSPS) is 20.0. The Bertz CT molecular complexity index is 462. The van der Waals surface area contributed by atoms with E-state index in [1.807, 2.05) is 18.2 Å². The van der Waals surface area contributed by atoms with Gasteiger partial charge in [0.2, 0.25) is 5.91 Å². The zero-order valence-corrected chi connectivity index (χ0v) is 11.6. The first-order valence-electron chi connectivity index (χ1n) is 5.44. The summed E-state index contributed by atoms with van der Waals surface area (Å²) in [6.07, 6.45) is 0. The van der Waals surface area contributed by atoms with Crippen LogP contribution in [0.2, 0.25) is 0 Å². The Morgan fingerprint density at radius 1 is 1.53 bits per heavy atom. The lowest BCUT2D eigenvalue weighted by Gasteiger charge is -2.32. The lowest BCUT2D eigenvalue weighted by molar-refractivity contribution is -0.127. The largest absolute Gasteiger partial charge is 0.353 e. The van der Waals surface area contributed by atoms with Gasteiger partial charge in [0.15, 0.2) is 0 Å². The number of carbonyl (C=O) groups is 2. The van der Waals surface area contributed by atoms with E-state index in [0.717, 1.165) is 3.57 Å². The van der Waals surface area contributed by atoms with Crippen molar-refractivity contribution in [3.63, 3.8) is 0 Å². The van der Waals surface area contributed by atoms with Gasteiger partial charge in [0.05, 0.1) is 0 Å². The molecule has 0 aliphatic carbocycles. The number of nitrogens with zero attached hydrogens (tertiary/aromatic N) is 1. The van der Waals surface area contributed by atoms with Gasteiger partial charge in [0, 0.05) is 22.2 Å². The molecule has 0 spiro atoms. The minimum atomic E-state index is -0.394. The van der Waals surface area contributed by atoms with Crippen LogP contribution in [0.1, 0.15) is 17.3 Å². The van der Waals surface area contributed by atoms with Gasteiger partial charge in [-0.2, -0.15) is 0 Å². The number of hydrogen-bond acceptors (Lipinski definition) is 2. The Labute approximate surface area is 114 Å². The summed E-state index contributed by atoms with van der Waals surface area (Å²) in [4.78, 5) is 25.4. The topological polar surface area (TPSA) is 49.4 Å². The minimum absolute atomic E-state index is 0.0779. The molecule has 1 aromatic rings. The molecule has 1 aliphatic rings. The molecule has 17 heavy (non-hydrogen) atoms. The zero-order valence-electron chi connectivity index (χ0n) is 9.44. The predicted molar refractivity (Wildman–Crippen MR) is 72.7 cm³/mol. The summed E-state index contributed by atoms with van der Waals surface area (Å²) in [5.41, 5.74) is 0.637. The smallest absolute Gasteiger partial charge is 0.254 e. The van der Waals surface area contributed by atoms with Crippen LogP contribution in [-0.2, 0) is 4.79 Å². The van der Waals surface area contributed by atoms with Crippen LogP contribution in [-0.4, -0.2) is 35.8 Å². The monoisotopic (exact) mass is 344 g/mol. The first-order valence-corrected chi connectivity index (χ1v) is 6.51. The Kier molecular flexibility index (Phi) is 3.66. The van der Waals surface area contributed by atoms with Gasteiger partial charge in [-0.1, -0.05) is 6.07 Å². The highest BCUT2D eigenvalue weighted by Gasteiger charge is 2.29. The van der Waals surface area contributed by atoms with Gasteiger partial charge in [0.25, 0.3) is 5.91 Å². The van der Waals surface area contributed by atoms with Gasteiger partial charge in [0.1, 0.15) is 6.04 Å². The molecule has 2 amide bonds. The molecule has 1 unspecified atom stereocenters. The minimum Gasteiger partial charge on any atom is -0.353 e. The molecule has 0 radical (unpaired) electrons. The molecule has 0 bridgehead atoms. The maximum atomic E-state index is 12.3. The quantitative estimate of drug-likeness (QED) is 0.780. The van der Waals surface area contributed by atoms with Crippen LogP contribution < -0.4 is 5.32 Å². The summed E-state index contributed by atoms with van der Waals surface area (Å²) < 4.78 is 1.02. The van der Waals surface area contributed by atoms with Crippen molar-refractivity contribution >= 4 is 34.4 Å². The molecule has 5 heteroatoms. The molecule has 2 rings (SSSR count). The standard InChI is InChI=1S/C12H13IN2O2/c1-8-11(16)14-5-6-15(8)12(17)9-3-2-4-10(13)7-9/h2-4,7-8H,5-6H2,1H3,(H,14,16). The van der Waals surface area contributed by atoms with Crippen LogP contribution in [0.15, 0.2) is 24.3 Å². The van der Waals surface area contributed by atoms with Crippen LogP contribution in [0.25, 0.3) is 0 Å². The fraction of sp³-hybridized carbons (Fsp3) is 0.333. The first-order chi connectivity index (χ1) is 8.09. The van der Waals surface area contributed by atoms with Crippen molar-refractivity contribution in [2.45, 2.75) is 13.0 Å². The van der Waals surface area contributed by atoms with Crippen LogP contribution >= 0.6 is 22.6 Å². The maximum absolute atomic E-state index is 12.3. The molecule has 0 saturated carbocycles. The van der Waals surface area contributed by atoms with E-state index >= 15 is 0 Å². The molecular formula is C12H13IN2O2. The highest BCUT2D eigenvalue weighted by Crippen LogP contribution is 2.13.